The molecule has 0 spiro atoms. The number of esters is 2. The Balaban J connectivity index is 1.64. The van der Waals surface area contributed by atoms with E-state index in [1.54, 1.807) is 13.8 Å². The summed E-state index contributed by atoms with van der Waals surface area (Å²) in [6.45, 7) is 4.25. The van der Waals surface area contributed by atoms with Crippen molar-refractivity contribution in [1.82, 2.24) is 0 Å². The molecule has 0 aliphatic rings. The van der Waals surface area contributed by atoms with Crippen LogP contribution >= 0.6 is 0 Å². The Morgan fingerprint density at radius 3 is 1.28 bits per heavy atom. The van der Waals surface area contributed by atoms with Gasteiger partial charge in [-0.3, -0.25) is 0 Å². The monoisotopic (exact) mass is 442 g/mol. The van der Waals surface area contributed by atoms with Crippen molar-refractivity contribution >= 4 is 11.9 Å². The van der Waals surface area contributed by atoms with Crippen LogP contribution in [-0.4, -0.2) is 25.2 Å². The number of ether oxygens (including phenoxy) is 4. The minimum Gasteiger partial charge on any atom is -0.494 e. The highest BCUT2D eigenvalue weighted by Gasteiger charge is 2.17. The number of carbonyl (C=O) groups is 2. The fraction of sp³-hybridized carbons (Fsp3) is 0.167. The highest BCUT2D eigenvalue weighted by atomic mass is 19.1. The van der Waals surface area contributed by atoms with Crippen molar-refractivity contribution in [3.8, 4) is 23.0 Å². The topological polar surface area (TPSA) is 71.1 Å². The maximum Gasteiger partial charge on any atom is 0.346 e. The van der Waals surface area contributed by atoms with Crippen LogP contribution in [0.15, 0.2) is 60.7 Å². The molecule has 0 saturated heterocycles. The van der Waals surface area contributed by atoms with Gasteiger partial charge in [-0.05, 0) is 62.4 Å². The number of hydrogen-bond donors (Lipinski definition) is 0. The first-order valence-electron chi connectivity index (χ1n) is 9.80. The highest BCUT2D eigenvalue weighted by molar-refractivity contribution is 5.92. The molecule has 0 amide bonds. The number of hydrogen-bond acceptors (Lipinski definition) is 6. The van der Waals surface area contributed by atoms with Gasteiger partial charge in [-0.2, -0.15) is 0 Å². The zero-order valence-corrected chi connectivity index (χ0v) is 17.4. The van der Waals surface area contributed by atoms with E-state index in [2.05, 4.69) is 0 Å². The van der Waals surface area contributed by atoms with Crippen molar-refractivity contribution in [2.24, 2.45) is 0 Å². The zero-order chi connectivity index (χ0) is 23.1. The molecule has 32 heavy (non-hydrogen) atoms. The quantitative estimate of drug-likeness (QED) is 0.353. The van der Waals surface area contributed by atoms with Gasteiger partial charge in [0.15, 0.2) is 0 Å². The van der Waals surface area contributed by atoms with Crippen LogP contribution in [0.1, 0.15) is 34.6 Å². The molecule has 3 rings (SSSR count). The van der Waals surface area contributed by atoms with E-state index in [0.717, 1.165) is 12.1 Å². The van der Waals surface area contributed by atoms with Crippen LogP contribution < -0.4 is 18.9 Å². The summed E-state index contributed by atoms with van der Waals surface area (Å²) in [6, 6.07) is 13.1. The number of carbonyl (C=O) groups excluding carboxylic acids is 2. The van der Waals surface area contributed by atoms with Crippen LogP contribution in [-0.2, 0) is 0 Å². The van der Waals surface area contributed by atoms with E-state index < -0.39 is 23.6 Å². The van der Waals surface area contributed by atoms with Crippen molar-refractivity contribution in [3.05, 3.63) is 83.4 Å². The van der Waals surface area contributed by atoms with Gasteiger partial charge >= 0.3 is 11.9 Å². The summed E-state index contributed by atoms with van der Waals surface area (Å²) in [7, 11) is 0. The molecule has 0 aliphatic carbocycles. The molecule has 0 saturated carbocycles. The molecule has 3 aromatic carbocycles. The predicted molar refractivity (Wildman–Crippen MR) is 111 cm³/mol. The smallest absolute Gasteiger partial charge is 0.346 e. The lowest BCUT2D eigenvalue weighted by Crippen LogP contribution is -2.12. The Hall–Kier alpha value is -3.94. The fourth-order valence-electron chi connectivity index (χ4n) is 2.74. The predicted octanol–water partition coefficient (Wildman–Crippen LogP) is 5.20. The first-order valence-corrected chi connectivity index (χ1v) is 9.80. The summed E-state index contributed by atoms with van der Waals surface area (Å²) in [5.41, 5.74) is -0.509. The molecule has 166 valence electrons. The van der Waals surface area contributed by atoms with Crippen molar-refractivity contribution in [2.45, 2.75) is 13.8 Å². The van der Waals surface area contributed by atoms with E-state index in [9.17, 15) is 18.4 Å². The maximum atomic E-state index is 14.1. The normalized spacial score (nSPS) is 10.4. The van der Waals surface area contributed by atoms with Crippen molar-refractivity contribution in [1.29, 1.82) is 0 Å². The summed E-state index contributed by atoms with van der Waals surface area (Å²) in [4.78, 5) is 24.4. The first kappa shape index (κ1) is 22.7. The molecule has 0 N–H and O–H groups in total. The molecule has 0 aliphatic heterocycles. The van der Waals surface area contributed by atoms with Crippen molar-refractivity contribution in [2.75, 3.05) is 13.2 Å². The molecule has 8 heteroatoms. The number of benzene rings is 3. The van der Waals surface area contributed by atoms with Crippen molar-refractivity contribution < 1.29 is 37.3 Å². The molecule has 0 unspecified atom stereocenters. The number of rotatable bonds is 8. The van der Waals surface area contributed by atoms with E-state index >= 15 is 0 Å². The van der Waals surface area contributed by atoms with Crippen LogP contribution in [0.2, 0.25) is 0 Å². The van der Waals surface area contributed by atoms with Crippen LogP contribution in [0, 0.1) is 11.6 Å². The highest BCUT2D eigenvalue weighted by Crippen LogP contribution is 2.23. The Kier molecular flexibility index (Phi) is 7.38. The standard InChI is InChI=1S/C24H20F2O6/c1-3-29-17-9-11-19(21(25)13-17)23(27)31-15-5-7-16(8-6-15)32-24(28)20-12-10-18(30-4-2)14-22(20)26/h5-14H,3-4H2,1-2H3. The molecule has 0 radical (unpaired) electrons. The minimum absolute atomic E-state index is 0.107. The lowest BCUT2D eigenvalue weighted by atomic mass is 10.2. The summed E-state index contributed by atoms with van der Waals surface area (Å²) in [5.74, 6) is -2.52. The van der Waals surface area contributed by atoms with Gasteiger partial charge in [-0.25, -0.2) is 18.4 Å². The molecule has 0 heterocycles. The van der Waals surface area contributed by atoms with Crippen molar-refractivity contribution in [3.63, 3.8) is 0 Å². The van der Waals surface area contributed by atoms with Gasteiger partial charge in [-0.1, -0.05) is 0 Å². The second-order valence-electron chi connectivity index (χ2n) is 6.40. The van der Waals surface area contributed by atoms with Gasteiger partial charge in [0, 0.05) is 12.1 Å². The van der Waals surface area contributed by atoms with Gasteiger partial charge in [0.2, 0.25) is 0 Å². The molecular formula is C24H20F2O6. The summed E-state index contributed by atoms with van der Waals surface area (Å²) < 4.78 is 48.9. The Morgan fingerprint density at radius 2 is 0.969 bits per heavy atom. The fourth-order valence-corrected chi connectivity index (χ4v) is 2.74. The maximum absolute atomic E-state index is 14.1. The van der Waals surface area contributed by atoms with E-state index in [-0.39, 0.29) is 22.6 Å². The Labute approximate surface area is 183 Å². The van der Waals surface area contributed by atoms with E-state index in [0.29, 0.717) is 24.7 Å². The molecule has 6 nitrogen and oxygen atoms in total. The molecule has 0 aromatic heterocycles. The molecule has 0 bridgehead atoms. The van der Waals surface area contributed by atoms with Gasteiger partial charge in [0.25, 0.3) is 0 Å². The summed E-state index contributed by atoms with van der Waals surface area (Å²) in [5, 5.41) is 0. The molecule has 0 fully saturated rings. The third kappa shape index (κ3) is 5.60. The first-order chi connectivity index (χ1) is 15.4. The van der Waals surface area contributed by atoms with Crippen LogP contribution in [0.3, 0.4) is 0 Å². The van der Waals surface area contributed by atoms with E-state index in [4.69, 9.17) is 18.9 Å². The van der Waals surface area contributed by atoms with Gasteiger partial charge in [0.05, 0.1) is 24.3 Å². The average molecular weight is 442 g/mol. The van der Waals surface area contributed by atoms with E-state index in [1.807, 2.05) is 0 Å². The van der Waals surface area contributed by atoms with Gasteiger partial charge in [-0.15, -0.1) is 0 Å². The Bertz CT molecular complexity index is 1020. The van der Waals surface area contributed by atoms with E-state index in [1.165, 1.54) is 48.5 Å². The second-order valence-corrected chi connectivity index (χ2v) is 6.40. The zero-order valence-electron chi connectivity index (χ0n) is 17.4. The van der Waals surface area contributed by atoms with Crippen LogP contribution in [0.25, 0.3) is 0 Å². The molecule has 3 aromatic rings. The summed E-state index contributed by atoms with van der Waals surface area (Å²) in [6.07, 6.45) is 0. The lowest BCUT2D eigenvalue weighted by molar-refractivity contribution is 0.0714. The molecular weight excluding hydrogens is 422 g/mol. The van der Waals surface area contributed by atoms with Gasteiger partial charge < -0.3 is 18.9 Å². The lowest BCUT2D eigenvalue weighted by Gasteiger charge is -2.09. The largest absolute Gasteiger partial charge is 0.494 e. The van der Waals surface area contributed by atoms with Crippen LogP contribution in [0.5, 0.6) is 23.0 Å². The van der Waals surface area contributed by atoms with Gasteiger partial charge in [0.1, 0.15) is 34.6 Å². The number of halogens is 2. The molecule has 0 atom stereocenters. The Morgan fingerprint density at radius 1 is 0.625 bits per heavy atom. The third-order valence-electron chi connectivity index (χ3n) is 4.19. The summed E-state index contributed by atoms with van der Waals surface area (Å²) >= 11 is 0. The minimum atomic E-state index is -0.897. The third-order valence-corrected chi connectivity index (χ3v) is 4.19. The SMILES string of the molecule is CCOc1ccc(C(=O)Oc2ccc(OC(=O)c3ccc(OCC)cc3F)cc2)c(F)c1. The van der Waals surface area contributed by atoms with Crippen LogP contribution in [0.4, 0.5) is 8.78 Å². The average Bonchev–Trinajstić information content (AvgIpc) is 2.75. The second kappa shape index (κ2) is 10.4.